The maximum atomic E-state index is 11.7. The molecule has 28 heavy (non-hydrogen) atoms. The van der Waals surface area contributed by atoms with Gasteiger partial charge in [0.25, 0.3) is 0 Å². The first-order valence-corrected chi connectivity index (χ1v) is 9.63. The van der Waals surface area contributed by atoms with Gasteiger partial charge < -0.3 is 9.84 Å². The van der Waals surface area contributed by atoms with E-state index in [4.69, 9.17) is 40.2 Å². The van der Waals surface area contributed by atoms with Gasteiger partial charge in [0.15, 0.2) is 0 Å². The van der Waals surface area contributed by atoms with Crippen molar-refractivity contribution in [2.75, 3.05) is 0 Å². The van der Waals surface area contributed by atoms with E-state index in [1.807, 2.05) is 12.2 Å². The molecule has 3 rings (SSSR count). The average molecular weight is 431 g/mol. The molecular formula is C22H16Cl2O3S. The molecule has 0 aliphatic heterocycles. The quantitative estimate of drug-likeness (QED) is 0.431. The van der Waals surface area contributed by atoms with E-state index in [1.165, 1.54) is 0 Å². The molecule has 3 nitrogen and oxygen atoms in total. The van der Waals surface area contributed by atoms with Crippen molar-refractivity contribution in [3.63, 3.8) is 0 Å². The number of benzene rings is 2. The number of hydrogen-bond acceptors (Lipinski definition) is 3. The van der Waals surface area contributed by atoms with Crippen molar-refractivity contribution in [2.24, 2.45) is 0 Å². The Labute approximate surface area is 178 Å². The molecule has 0 saturated carbocycles. The van der Waals surface area contributed by atoms with Crippen molar-refractivity contribution in [3.8, 4) is 5.75 Å². The highest BCUT2D eigenvalue weighted by Crippen LogP contribution is 2.27. The highest BCUT2D eigenvalue weighted by molar-refractivity contribution is 7.80. The summed E-state index contributed by atoms with van der Waals surface area (Å²) < 4.78 is 5.75. The van der Waals surface area contributed by atoms with Gasteiger partial charge in [-0.1, -0.05) is 71.8 Å². The van der Waals surface area contributed by atoms with Gasteiger partial charge in [-0.2, -0.15) is 0 Å². The lowest BCUT2D eigenvalue weighted by Gasteiger charge is -2.12. The topological polar surface area (TPSA) is 46.5 Å². The van der Waals surface area contributed by atoms with E-state index in [-0.39, 0.29) is 12.2 Å². The van der Waals surface area contributed by atoms with Gasteiger partial charge in [-0.3, -0.25) is 0 Å². The molecular weight excluding hydrogens is 415 g/mol. The highest BCUT2D eigenvalue weighted by Gasteiger charge is 2.18. The van der Waals surface area contributed by atoms with Crippen molar-refractivity contribution >= 4 is 52.3 Å². The van der Waals surface area contributed by atoms with Gasteiger partial charge in [-0.15, -0.1) is 0 Å². The van der Waals surface area contributed by atoms with Gasteiger partial charge in [-0.25, -0.2) is 4.79 Å². The van der Waals surface area contributed by atoms with Gasteiger partial charge in [0, 0.05) is 32.5 Å². The zero-order valence-corrected chi connectivity index (χ0v) is 17.0. The molecule has 0 aromatic heterocycles. The van der Waals surface area contributed by atoms with E-state index in [2.05, 4.69) is 0 Å². The maximum absolute atomic E-state index is 11.7. The average Bonchev–Trinajstić information content (AvgIpc) is 2.67. The largest absolute Gasteiger partial charge is 0.489 e. The molecule has 2 aromatic carbocycles. The number of thiocarbonyl (C=S) groups is 1. The van der Waals surface area contributed by atoms with E-state index >= 15 is 0 Å². The van der Waals surface area contributed by atoms with Gasteiger partial charge >= 0.3 is 5.97 Å². The van der Waals surface area contributed by atoms with E-state index in [9.17, 15) is 9.90 Å². The smallest absolute Gasteiger partial charge is 0.336 e. The summed E-state index contributed by atoms with van der Waals surface area (Å²) in [6.45, 7) is 0.238. The number of ether oxygens (including phenoxy) is 1. The van der Waals surface area contributed by atoms with Crippen LogP contribution in [0.15, 0.2) is 71.8 Å². The fourth-order valence-corrected chi connectivity index (χ4v) is 3.47. The first-order valence-electron chi connectivity index (χ1n) is 8.47. The Balaban J connectivity index is 1.77. The van der Waals surface area contributed by atoms with Crippen molar-refractivity contribution in [3.05, 3.63) is 93.0 Å². The summed E-state index contributed by atoms with van der Waals surface area (Å²) >= 11 is 17.6. The van der Waals surface area contributed by atoms with Crippen molar-refractivity contribution < 1.29 is 14.6 Å². The zero-order valence-electron chi connectivity index (χ0n) is 14.7. The molecule has 0 unspecified atom stereocenters. The van der Waals surface area contributed by atoms with E-state index in [1.54, 1.807) is 54.6 Å². The van der Waals surface area contributed by atoms with Crippen LogP contribution < -0.4 is 4.74 Å². The second-order valence-corrected chi connectivity index (χ2v) is 7.36. The summed E-state index contributed by atoms with van der Waals surface area (Å²) in [4.78, 5) is 12.3. The third kappa shape index (κ3) is 4.90. The Morgan fingerprint density at radius 2 is 1.82 bits per heavy atom. The monoisotopic (exact) mass is 430 g/mol. The predicted molar refractivity (Wildman–Crippen MR) is 117 cm³/mol. The van der Waals surface area contributed by atoms with Gasteiger partial charge in [0.2, 0.25) is 0 Å². The number of hydrogen-bond donors (Lipinski definition) is 1. The van der Waals surface area contributed by atoms with Crippen LogP contribution in [0, 0.1) is 0 Å². The van der Waals surface area contributed by atoms with Crippen LogP contribution in [0.4, 0.5) is 0 Å². The molecule has 0 fully saturated rings. The number of rotatable bonds is 6. The Kier molecular flexibility index (Phi) is 6.68. The summed E-state index contributed by atoms with van der Waals surface area (Å²) in [5.41, 5.74) is 2.19. The number of aliphatic carboxylic acids is 1. The molecule has 0 bridgehead atoms. The molecule has 1 N–H and O–H groups in total. The van der Waals surface area contributed by atoms with Crippen LogP contribution in [-0.2, 0) is 11.4 Å². The van der Waals surface area contributed by atoms with Gasteiger partial charge in [0.1, 0.15) is 12.4 Å². The maximum Gasteiger partial charge on any atom is 0.336 e. The second kappa shape index (κ2) is 9.20. The third-order valence-corrected chi connectivity index (χ3v) is 5.25. The molecule has 2 aromatic rings. The molecule has 0 spiro atoms. The summed E-state index contributed by atoms with van der Waals surface area (Å²) in [5.74, 6) is -0.391. The Hall–Kier alpha value is -2.40. The first-order chi connectivity index (χ1) is 13.5. The fraction of sp³-hybridized carbons (Fsp3) is 0.0909. The standard InChI is InChI=1S/C22H16Cl2O3S/c23-19-5-3-6-20(24)18(19)13-27-15-10-8-14(9-11-15)12-17(22(25)26)16-4-1-2-7-21(16)28/h1-6,8-12H,7,13H2,(H,25,26)/b17-12+. The third-order valence-electron chi connectivity index (χ3n) is 4.16. The summed E-state index contributed by atoms with van der Waals surface area (Å²) in [7, 11) is 0. The molecule has 1 aliphatic rings. The minimum Gasteiger partial charge on any atom is -0.489 e. The molecule has 1 aliphatic carbocycles. The Morgan fingerprint density at radius 1 is 1.14 bits per heavy atom. The Morgan fingerprint density at radius 3 is 2.43 bits per heavy atom. The molecule has 0 radical (unpaired) electrons. The molecule has 0 amide bonds. The molecule has 0 heterocycles. The molecule has 0 atom stereocenters. The molecule has 0 saturated heterocycles. The van der Waals surface area contributed by atoms with E-state index in [0.717, 1.165) is 5.56 Å². The molecule has 6 heteroatoms. The van der Waals surface area contributed by atoms with E-state index < -0.39 is 5.97 Å². The minimum absolute atomic E-state index is 0.172. The van der Waals surface area contributed by atoms with E-state index in [0.29, 0.717) is 38.2 Å². The number of halogens is 2. The van der Waals surface area contributed by atoms with Crippen molar-refractivity contribution in [2.45, 2.75) is 13.0 Å². The first kappa shape index (κ1) is 20.3. The van der Waals surface area contributed by atoms with Crippen LogP contribution >= 0.6 is 35.4 Å². The lowest BCUT2D eigenvalue weighted by atomic mass is 9.95. The number of carboxylic acids is 1. The SMILES string of the molecule is O=C(O)/C(=C/c1ccc(OCc2c(Cl)cccc2Cl)cc1)C1=CC=CCC1=S. The lowest BCUT2D eigenvalue weighted by molar-refractivity contribution is -0.132. The van der Waals surface area contributed by atoms with Gasteiger partial charge in [-0.05, 0) is 35.9 Å². The van der Waals surface area contributed by atoms with Gasteiger partial charge in [0.05, 0.1) is 5.57 Å². The Bertz CT molecular complexity index is 985. The summed E-state index contributed by atoms with van der Waals surface area (Å²) in [6, 6.07) is 12.4. The highest BCUT2D eigenvalue weighted by atomic mass is 35.5. The van der Waals surface area contributed by atoms with Crippen LogP contribution in [0.5, 0.6) is 5.75 Å². The van der Waals surface area contributed by atoms with Crippen molar-refractivity contribution in [1.29, 1.82) is 0 Å². The zero-order chi connectivity index (χ0) is 20.1. The van der Waals surface area contributed by atoms with Crippen LogP contribution in [-0.4, -0.2) is 15.9 Å². The predicted octanol–water partition coefficient (Wildman–Crippen LogP) is 6.30. The van der Waals surface area contributed by atoms with Crippen LogP contribution in [0.3, 0.4) is 0 Å². The number of carboxylic acid groups (broad SMARTS) is 1. The molecule has 142 valence electrons. The number of carbonyl (C=O) groups is 1. The fourth-order valence-electron chi connectivity index (χ4n) is 2.69. The van der Waals surface area contributed by atoms with Crippen LogP contribution in [0.1, 0.15) is 17.5 Å². The number of allylic oxidation sites excluding steroid dienone is 3. The lowest BCUT2D eigenvalue weighted by Crippen LogP contribution is -2.11. The van der Waals surface area contributed by atoms with Crippen LogP contribution in [0.2, 0.25) is 10.0 Å². The van der Waals surface area contributed by atoms with Crippen LogP contribution in [0.25, 0.3) is 6.08 Å². The van der Waals surface area contributed by atoms with Crippen molar-refractivity contribution in [1.82, 2.24) is 0 Å². The minimum atomic E-state index is -1.02. The normalized spacial score (nSPS) is 14.0. The summed E-state index contributed by atoms with van der Waals surface area (Å²) in [5, 5.41) is 10.7. The second-order valence-electron chi connectivity index (χ2n) is 6.06. The summed E-state index contributed by atoms with van der Waals surface area (Å²) in [6.07, 6.45) is 7.63.